The molecule has 1 amide bonds. The highest BCUT2D eigenvalue weighted by Crippen LogP contribution is 2.27. The second kappa shape index (κ2) is 11.5. The Morgan fingerprint density at radius 3 is 2.37 bits per heavy atom. The number of hydrogen-bond donors (Lipinski definition) is 1. The van der Waals surface area contributed by atoms with Crippen molar-refractivity contribution in [3.63, 3.8) is 0 Å². The van der Waals surface area contributed by atoms with Gasteiger partial charge in [-0.2, -0.15) is 5.10 Å². The quantitative estimate of drug-likeness (QED) is 0.159. The van der Waals surface area contributed by atoms with Crippen molar-refractivity contribution in [1.29, 1.82) is 0 Å². The summed E-state index contributed by atoms with van der Waals surface area (Å²) in [6.07, 6.45) is 1.24. The molecule has 38 heavy (non-hydrogen) atoms. The normalized spacial score (nSPS) is 11.4. The van der Waals surface area contributed by atoms with Gasteiger partial charge in [0.1, 0.15) is 18.1 Å². The van der Waals surface area contributed by atoms with Gasteiger partial charge in [-0.05, 0) is 66.7 Å². The van der Waals surface area contributed by atoms with Crippen molar-refractivity contribution < 1.29 is 22.6 Å². The second-order valence-electron chi connectivity index (χ2n) is 7.74. The van der Waals surface area contributed by atoms with E-state index < -0.39 is 27.4 Å². The zero-order valence-electron chi connectivity index (χ0n) is 19.3. The van der Waals surface area contributed by atoms with Crippen molar-refractivity contribution in [3.8, 4) is 11.3 Å². The first-order chi connectivity index (χ1) is 18.1. The first kappa shape index (κ1) is 26.9. The Morgan fingerprint density at radius 1 is 1.00 bits per heavy atom. The maximum Gasteiger partial charge on any atom is 0.269 e. The van der Waals surface area contributed by atoms with Crippen LogP contribution in [-0.2, 0) is 14.8 Å². The monoisotopic (exact) mass is 572 g/mol. The molecule has 0 bridgehead atoms. The van der Waals surface area contributed by atoms with E-state index >= 15 is 0 Å². The van der Waals surface area contributed by atoms with Gasteiger partial charge in [-0.25, -0.2) is 13.8 Å². The van der Waals surface area contributed by atoms with Crippen LogP contribution in [0.1, 0.15) is 5.76 Å². The standard InChI is InChI=1S/C25H18Cl2N4O6S/c26-18-6-11-23(12-7-18)38(35,36)30(21-3-1-2-19(27)14-21)16-25(32)29-28-15-22-10-13-24(37-22)17-4-8-20(9-5-17)31(33)34/h1-15H,16H2,(H,29,32)/b28-15-. The molecule has 0 spiro atoms. The number of rotatable bonds is 9. The summed E-state index contributed by atoms with van der Waals surface area (Å²) in [5.41, 5.74) is 3.04. The van der Waals surface area contributed by atoms with Gasteiger partial charge in [0.2, 0.25) is 0 Å². The number of amides is 1. The molecule has 0 aliphatic carbocycles. The van der Waals surface area contributed by atoms with Crippen LogP contribution in [0.15, 0.2) is 99.3 Å². The first-order valence-corrected chi connectivity index (χ1v) is 13.0. The highest BCUT2D eigenvalue weighted by atomic mass is 35.5. The van der Waals surface area contributed by atoms with E-state index in [1.807, 2.05) is 0 Å². The Hall–Kier alpha value is -4.19. The number of hydrazone groups is 1. The van der Waals surface area contributed by atoms with Crippen LogP contribution in [0.25, 0.3) is 11.3 Å². The number of non-ortho nitro benzene ring substituents is 1. The lowest BCUT2D eigenvalue weighted by Crippen LogP contribution is -2.39. The van der Waals surface area contributed by atoms with E-state index in [0.717, 1.165) is 4.31 Å². The van der Waals surface area contributed by atoms with Gasteiger partial charge in [0, 0.05) is 27.7 Å². The van der Waals surface area contributed by atoms with E-state index in [1.165, 1.54) is 54.7 Å². The van der Waals surface area contributed by atoms with Crippen LogP contribution in [0.3, 0.4) is 0 Å². The summed E-state index contributed by atoms with van der Waals surface area (Å²) >= 11 is 11.9. The van der Waals surface area contributed by atoms with Crippen molar-refractivity contribution in [2.75, 3.05) is 10.8 Å². The summed E-state index contributed by atoms with van der Waals surface area (Å²) in [6, 6.07) is 20.7. The molecule has 0 radical (unpaired) electrons. The summed E-state index contributed by atoms with van der Waals surface area (Å²) in [4.78, 5) is 22.9. The van der Waals surface area contributed by atoms with Gasteiger partial charge in [-0.3, -0.25) is 19.2 Å². The summed E-state index contributed by atoms with van der Waals surface area (Å²) in [5, 5.41) is 15.3. The van der Waals surface area contributed by atoms with E-state index in [-0.39, 0.29) is 16.3 Å². The molecule has 1 aromatic heterocycles. The van der Waals surface area contributed by atoms with E-state index in [0.29, 0.717) is 27.1 Å². The van der Waals surface area contributed by atoms with Crippen molar-refractivity contribution in [3.05, 3.63) is 111 Å². The fraction of sp³-hybridized carbons (Fsp3) is 0.0400. The van der Waals surface area contributed by atoms with Crippen molar-refractivity contribution in [2.45, 2.75) is 4.90 Å². The number of nitro benzene ring substituents is 1. The molecule has 0 atom stereocenters. The Balaban J connectivity index is 1.48. The number of anilines is 1. The average molecular weight is 573 g/mol. The molecule has 13 heteroatoms. The number of hydrogen-bond acceptors (Lipinski definition) is 7. The lowest BCUT2D eigenvalue weighted by Gasteiger charge is -2.23. The van der Waals surface area contributed by atoms with E-state index in [4.69, 9.17) is 27.6 Å². The minimum absolute atomic E-state index is 0.0466. The third-order valence-corrected chi connectivity index (χ3v) is 7.43. The van der Waals surface area contributed by atoms with Gasteiger partial charge in [-0.1, -0.05) is 29.3 Å². The fourth-order valence-corrected chi connectivity index (χ4v) is 5.06. The maximum absolute atomic E-state index is 13.4. The number of carbonyl (C=O) groups is 1. The van der Waals surface area contributed by atoms with Crippen LogP contribution in [0.5, 0.6) is 0 Å². The Labute approximate surface area is 227 Å². The highest BCUT2D eigenvalue weighted by molar-refractivity contribution is 7.92. The molecule has 194 valence electrons. The van der Waals surface area contributed by atoms with Crippen molar-refractivity contribution >= 4 is 56.7 Å². The number of benzene rings is 3. The lowest BCUT2D eigenvalue weighted by atomic mass is 10.1. The molecule has 0 aliphatic rings. The number of halogens is 2. The number of nitro groups is 1. The van der Waals surface area contributed by atoms with Gasteiger partial charge in [0.25, 0.3) is 21.6 Å². The molecule has 0 aliphatic heterocycles. The van der Waals surface area contributed by atoms with Crippen LogP contribution in [0.4, 0.5) is 11.4 Å². The molecule has 3 aromatic carbocycles. The third kappa shape index (κ3) is 6.38. The molecular weight excluding hydrogens is 555 g/mol. The molecule has 0 fully saturated rings. The fourth-order valence-electron chi connectivity index (χ4n) is 3.34. The smallest absolute Gasteiger partial charge is 0.269 e. The van der Waals surface area contributed by atoms with Crippen LogP contribution >= 0.6 is 23.2 Å². The summed E-state index contributed by atoms with van der Waals surface area (Å²) in [5.74, 6) is 0.00825. The number of furan rings is 1. The minimum atomic E-state index is -4.15. The predicted molar refractivity (Wildman–Crippen MR) is 144 cm³/mol. The second-order valence-corrected chi connectivity index (χ2v) is 10.5. The van der Waals surface area contributed by atoms with Crippen LogP contribution in [0, 0.1) is 10.1 Å². The van der Waals surface area contributed by atoms with Crippen LogP contribution in [-0.4, -0.2) is 32.0 Å². The molecule has 1 heterocycles. The first-order valence-electron chi connectivity index (χ1n) is 10.8. The Morgan fingerprint density at radius 2 is 1.71 bits per heavy atom. The van der Waals surface area contributed by atoms with Gasteiger partial charge in [0.15, 0.2) is 0 Å². The third-order valence-electron chi connectivity index (χ3n) is 5.16. The van der Waals surface area contributed by atoms with Gasteiger partial charge in [0.05, 0.1) is 21.7 Å². The molecule has 1 N–H and O–H groups in total. The average Bonchev–Trinajstić information content (AvgIpc) is 3.36. The molecule has 0 unspecified atom stereocenters. The SMILES string of the molecule is O=C(CN(c1cccc(Cl)c1)S(=O)(=O)c1ccc(Cl)cc1)N/N=C\c1ccc(-c2ccc([N+](=O)[O-])cc2)o1. The number of sulfonamides is 1. The molecular formula is C25H18Cl2N4O6S. The summed E-state index contributed by atoms with van der Waals surface area (Å²) < 4.78 is 33.2. The van der Waals surface area contributed by atoms with Gasteiger partial charge < -0.3 is 4.42 Å². The van der Waals surface area contributed by atoms with E-state index in [1.54, 1.807) is 36.4 Å². The highest BCUT2D eigenvalue weighted by Gasteiger charge is 2.27. The van der Waals surface area contributed by atoms with E-state index in [2.05, 4.69) is 10.5 Å². The number of nitrogens with one attached hydrogen (secondary N) is 1. The molecule has 4 rings (SSSR count). The molecule has 0 saturated heterocycles. The largest absolute Gasteiger partial charge is 0.455 e. The Bertz CT molecular complexity index is 1600. The molecule has 0 saturated carbocycles. The zero-order chi connectivity index (χ0) is 27.3. The summed E-state index contributed by atoms with van der Waals surface area (Å²) in [6.45, 7) is -0.588. The van der Waals surface area contributed by atoms with Gasteiger partial charge >= 0.3 is 0 Å². The minimum Gasteiger partial charge on any atom is -0.455 e. The number of nitrogens with zero attached hydrogens (tertiary/aromatic N) is 3. The number of carbonyl (C=O) groups excluding carboxylic acids is 1. The van der Waals surface area contributed by atoms with Crippen LogP contribution in [0.2, 0.25) is 10.0 Å². The van der Waals surface area contributed by atoms with E-state index in [9.17, 15) is 23.3 Å². The molecule has 4 aromatic rings. The summed E-state index contributed by atoms with van der Waals surface area (Å²) in [7, 11) is -4.15. The lowest BCUT2D eigenvalue weighted by molar-refractivity contribution is -0.384. The maximum atomic E-state index is 13.4. The Kier molecular flexibility index (Phi) is 8.10. The van der Waals surface area contributed by atoms with Gasteiger partial charge in [-0.15, -0.1) is 0 Å². The predicted octanol–water partition coefficient (Wildman–Crippen LogP) is 5.51. The van der Waals surface area contributed by atoms with Crippen LogP contribution < -0.4 is 9.73 Å². The van der Waals surface area contributed by atoms with Crippen molar-refractivity contribution in [2.24, 2.45) is 5.10 Å². The zero-order valence-corrected chi connectivity index (χ0v) is 21.7. The van der Waals surface area contributed by atoms with Crippen molar-refractivity contribution in [1.82, 2.24) is 5.43 Å². The molecule has 10 nitrogen and oxygen atoms in total. The topological polar surface area (TPSA) is 135 Å².